The molecule has 1 fully saturated rings. The maximum absolute atomic E-state index is 12.9. The maximum Gasteiger partial charge on any atom is 0.318 e. The highest BCUT2D eigenvalue weighted by Crippen LogP contribution is 2.26. The van der Waals surface area contributed by atoms with Gasteiger partial charge in [-0.15, -0.1) is 16.8 Å². The number of amides is 3. The van der Waals surface area contributed by atoms with Gasteiger partial charge in [-0.25, -0.2) is 4.79 Å². The van der Waals surface area contributed by atoms with Gasteiger partial charge in [-0.1, -0.05) is 35.9 Å². The monoisotopic (exact) mass is 470 g/mol. The van der Waals surface area contributed by atoms with Gasteiger partial charge in [-0.3, -0.25) is 4.79 Å². The van der Waals surface area contributed by atoms with Crippen LogP contribution < -0.4 is 10.2 Å². The summed E-state index contributed by atoms with van der Waals surface area (Å²) in [4.78, 5) is 30.7. The first-order valence-electron chi connectivity index (χ1n) is 11.2. The lowest BCUT2D eigenvalue weighted by Gasteiger charge is -2.27. The van der Waals surface area contributed by atoms with E-state index in [0.29, 0.717) is 31.2 Å². The van der Waals surface area contributed by atoms with Crippen LogP contribution in [0.3, 0.4) is 0 Å². The Morgan fingerprint density at radius 3 is 2.61 bits per heavy atom. The van der Waals surface area contributed by atoms with Gasteiger partial charge >= 0.3 is 6.03 Å². The number of hydrogen-bond acceptors (Lipinski definition) is 5. The Balaban J connectivity index is 1.60. The molecule has 1 saturated heterocycles. The highest BCUT2D eigenvalue weighted by molar-refractivity contribution is 6.33. The zero-order valence-electron chi connectivity index (χ0n) is 19.2. The van der Waals surface area contributed by atoms with Crippen LogP contribution in [0, 0.1) is 0 Å². The van der Waals surface area contributed by atoms with Gasteiger partial charge < -0.3 is 20.0 Å². The average Bonchev–Trinajstić information content (AvgIpc) is 3.05. The van der Waals surface area contributed by atoms with E-state index < -0.39 is 0 Å². The second-order valence-corrected chi connectivity index (χ2v) is 8.66. The number of urea groups is 1. The number of halogens is 1. The van der Waals surface area contributed by atoms with E-state index in [9.17, 15) is 9.59 Å². The lowest BCUT2D eigenvalue weighted by Crippen LogP contribution is -2.48. The van der Waals surface area contributed by atoms with Gasteiger partial charge in [0.15, 0.2) is 5.82 Å². The van der Waals surface area contributed by atoms with Crippen molar-refractivity contribution in [3.05, 3.63) is 54.1 Å². The summed E-state index contributed by atoms with van der Waals surface area (Å²) in [5.41, 5.74) is 1.56. The molecule has 33 heavy (non-hydrogen) atoms. The van der Waals surface area contributed by atoms with Crippen LogP contribution in [0.25, 0.3) is 11.3 Å². The lowest BCUT2D eigenvalue weighted by molar-refractivity contribution is -0.131. The molecule has 1 N–H and O–H groups in total. The Morgan fingerprint density at radius 2 is 1.94 bits per heavy atom. The van der Waals surface area contributed by atoms with Gasteiger partial charge in [0.2, 0.25) is 5.91 Å². The van der Waals surface area contributed by atoms with Crippen LogP contribution in [0.1, 0.15) is 20.3 Å². The Morgan fingerprint density at radius 1 is 1.15 bits per heavy atom. The Bertz CT molecular complexity index is 966. The van der Waals surface area contributed by atoms with Crippen molar-refractivity contribution in [2.75, 3.05) is 44.2 Å². The summed E-state index contributed by atoms with van der Waals surface area (Å²) >= 11 is 6.26. The molecule has 0 spiro atoms. The van der Waals surface area contributed by atoms with E-state index in [0.717, 1.165) is 30.0 Å². The number of nitrogens with one attached hydrogen (secondary N) is 1. The van der Waals surface area contributed by atoms with Crippen molar-refractivity contribution < 1.29 is 9.59 Å². The molecule has 1 aliphatic heterocycles. The van der Waals surface area contributed by atoms with Crippen LogP contribution in [-0.4, -0.2) is 77.2 Å². The molecule has 1 aromatic heterocycles. The van der Waals surface area contributed by atoms with Crippen LogP contribution >= 0.6 is 11.6 Å². The number of nitrogens with zero attached hydrogens (tertiary/aromatic N) is 5. The fraction of sp³-hybridized carbons (Fsp3) is 0.417. The molecule has 0 bridgehead atoms. The minimum Gasteiger partial charge on any atom is -0.353 e. The van der Waals surface area contributed by atoms with Crippen molar-refractivity contribution in [1.82, 2.24) is 25.3 Å². The topological polar surface area (TPSA) is 81.7 Å². The zero-order valence-corrected chi connectivity index (χ0v) is 20.0. The standard InChI is InChI=1S/C24H31ClN6O2/c1-4-12-31(24(33)26-18(2)3)17-23(32)30-14-7-13-29(15-16-30)22-11-10-21(27-28-22)19-8-5-6-9-20(19)25/h4-6,8-11,18H,1,7,12-17H2,2-3H3,(H,26,33). The molecule has 2 aromatic rings. The predicted molar refractivity (Wildman–Crippen MR) is 131 cm³/mol. The number of anilines is 1. The lowest BCUT2D eigenvalue weighted by atomic mass is 10.1. The third-order valence-electron chi connectivity index (χ3n) is 5.35. The normalized spacial score (nSPS) is 14.1. The number of aromatic nitrogens is 2. The summed E-state index contributed by atoms with van der Waals surface area (Å²) in [7, 11) is 0. The quantitative estimate of drug-likeness (QED) is 0.627. The summed E-state index contributed by atoms with van der Waals surface area (Å²) in [6.07, 6.45) is 2.43. The first-order chi connectivity index (χ1) is 15.9. The van der Waals surface area contributed by atoms with E-state index >= 15 is 0 Å². The molecule has 0 aliphatic carbocycles. The molecular weight excluding hydrogens is 440 g/mol. The third kappa shape index (κ3) is 6.68. The predicted octanol–water partition coefficient (Wildman–Crippen LogP) is 3.44. The summed E-state index contributed by atoms with van der Waals surface area (Å²) in [5, 5.41) is 12.2. The highest BCUT2D eigenvalue weighted by Gasteiger charge is 2.24. The van der Waals surface area contributed by atoms with Crippen LogP contribution in [-0.2, 0) is 4.79 Å². The average molecular weight is 471 g/mol. The van der Waals surface area contributed by atoms with E-state index in [-0.39, 0.29) is 24.5 Å². The van der Waals surface area contributed by atoms with Gasteiger partial charge in [0.1, 0.15) is 6.54 Å². The molecule has 2 heterocycles. The van der Waals surface area contributed by atoms with E-state index in [4.69, 9.17) is 11.6 Å². The molecule has 3 amide bonds. The SMILES string of the molecule is C=CCN(CC(=O)N1CCCN(c2ccc(-c3ccccc3Cl)nn2)CC1)C(=O)NC(C)C. The molecule has 1 aromatic carbocycles. The largest absolute Gasteiger partial charge is 0.353 e. The van der Waals surface area contributed by atoms with Gasteiger partial charge in [-0.2, -0.15) is 0 Å². The summed E-state index contributed by atoms with van der Waals surface area (Å²) in [6.45, 7) is 10.4. The molecule has 9 heteroatoms. The second kappa shape index (κ2) is 11.7. The number of rotatable bonds is 7. The smallest absolute Gasteiger partial charge is 0.318 e. The maximum atomic E-state index is 12.9. The molecule has 8 nitrogen and oxygen atoms in total. The van der Waals surface area contributed by atoms with E-state index in [1.807, 2.05) is 55.1 Å². The Labute approximate surface area is 200 Å². The molecule has 0 atom stereocenters. The number of hydrogen-bond donors (Lipinski definition) is 1. The fourth-order valence-electron chi connectivity index (χ4n) is 3.68. The molecule has 1 aliphatic rings. The summed E-state index contributed by atoms with van der Waals surface area (Å²) in [6, 6.07) is 11.1. The summed E-state index contributed by atoms with van der Waals surface area (Å²) < 4.78 is 0. The van der Waals surface area contributed by atoms with Crippen molar-refractivity contribution in [2.45, 2.75) is 26.3 Å². The van der Waals surface area contributed by atoms with Crippen LogP contribution in [0.5, 0.6) is 0 Å². The van der Waals surface area contributed by atoms with Crippen molar-refractivity contribution in [3.8, 4) is 11.3 Å². The third-order valence-corrected chi connectivity index (χ3v) is 5.68. The summed E-state index contributed by atoms with van der Waals surface area (Å²) in [5.74, 6) is 0.697. The first kappa shape index (κ1) is 24.5. The van der Waals surface area contributed by atoms with E-state index in [1.165, 1.54) is 4.90 Å². The number of benzene rings is 1. The molecule has 0 unspecified atom stereocenters. The van der Waals surface area contributed by atoms with Gasteiger partial charge in [0.25, 0.3) is 0 Å². The van der Waals surface area contributed by atoms with Crippen molar-refractivity contribution >= 4 is 29.4 Å². The molecular formula is C24H31ClN6O2. The number of carbonyl (C=O) groups excluding carboxylic acids is 2. The van der Waals surface area contributed by atoms with Crippen molar-refractivity contribution in [1.29, 1.82) is 0 Å². The van der Waals surface area contributed by atoms with E-state index in [1.54, 1.807) is 6.08 Å². The van der Waals surface area contributed by atoms with Crippen LogP contribution in [0.2, 0.25) is 5.02 Å². The van der Waals surface area contributed by atoms with Gasteiger partial charge in [-0.05, 0) is 38.5 Å². The Hall–Kier alpha value is -3.13. The second-order valence-electron chi connectivity index (χ2n) is 8.25. The number of carbonyl (C=O) groups is 2. The first-order valence-corrected chi connectivity index (χ1v) is 11.5. The minimum atomic E-state index is -0.261. The van der Waals surface area contributed by atoms with Crippen LogP contribution in [0.4, 0.5) is 10.6 Å². The molecule has 0 radical (unpaired) electrons. The van der Waals surface area contributed by atoms with Crippen LogP contribution in [0.15, 0.2) is 49.1 Å². The molecule has 3 rings (SSSR count). The van der Waals surface area contributed by atoms with E-state index in [2.05, 4.69) is 27.0 Å². The minimum absolute atomic E-state index is 0.00271. The molecule has 0 saturated carbocycles. The highest BCUT2D eigenvalue weighted by atomic mass is 35.5. The van der Waals surface area contributed by atoms with Gasteiger partial charge in [0, 0.05) is 44.3 Å². The Kier molecular flexibility index (Phi) is 8.65. The van der Waals surface area contributed by atoms with Crippen molar-refractivity contribution in [2.24, 2.45) is 0 Å². The van der Waals surface area contributed by atoms with Crippen molar-refractivity contribution in [3.63, 3.8) is 0 Å². The zero-order chi connectivity index (χ0) is 23.8. The molecule has 176 valence electrons. The fourth-order valence-corrected chi connectivity index (χ4v) is 3.91. The van der Waals surface area contributed by atoms with Gasteiger partial charge in [0.05, 0.1) is 10.7 Å².